The second-order valence-corrected chi connectivity index (χ2v) is 11.0. The molecule has 0 amide bonds. The zero-order valence-corrected chi connectivity index (χ0v) is 22.8. The van der Waals surface area contributed by atoms with E-state index in [1.807, 2.05) is 42.5 Å². The van der Waals surface area contributed by atoms with Crippen LogP contribution in [0.3, 0.4) is 0 Å². The fraction of sp³-hybridized carbons (Fsp3) is 0.387. The Hall–Kier alpha value is -3.42. The van der Waals surface area contributed by atoms with E-state index in [0.717, 1.165) is 47.5 Å². The number of H-pyrrole nitrogens is 1. The van der Waals surface area contributed by atoms with Crippen molar-refractivity contribution in [2.75, 3.05) is 26.2 Å². The van der Waals surface area contributed by atoms with Crippen LogP contribution in [0.25, 0.3) is 22.3 Å². The molecule has 202 valence electrons. The summed E-state index contributed by atoms with van der Waals surface area (Å²) in [6.45, 7) is 4.27. The molecule has 1 saturated heterocycles. The maximum atomic E-state index is 12.3. The molecule has 1 N–H and O–H groups in total. The molecule has 0 bridgehead atoms. The van der Waals surface area contributed by atoms with Crippen LogP contribution in [0.2, 0.25) is 5.02 Å². The van der Waals surface area contributed by atoms with Gasteiger partial charge in [-0.1, -0.05) is 17.7 Å². The second kappa shape index (κ2) is 11.8. The lowest BCUT2D eigenvalue weighted by Gasteiger charge is -2.14. The van der Waals surface area contributed by atoms with Crippen molar-refractivity contribution in [3.8, 4) is 28.6 Å². The van der Waals surface area contributed by atoms with Gasteiger partial charge in [-0.25, -0.2) is 9.97 Å². The first-order chi connectivity index (χ1) is 19.1. The maximum Gasteiger partial charge on any atom is 0.231 e. The highest BCUT2D eigenvalue weighted by molar-refractivity contribution is 6.31. The third-order valence-corrected chi connectivity index (χ3v) is 7.83. The Labute approximate surface area is 233 Å². The number of ether oxygens (including phenoxy) is 2. The predicted molar refractivity (Wildman–Crippen MR) is 153 cm³/mol. The van der Waals surface area contributed by atoms with E-state index in [0.29, 0.717) is 41.1 Å². The van der Waals surface area contributed by atoms with E-state index < -0.39 is 0 Å². The van der Waals surface area contributed by atoms with Gasteiger partial charge in [0.1, 0.15) is 29.3 Å². The summed E-state index contributed by atoms with van der Waals surface area (Å²) in [5, 5.41) is 1.30. The van der Waals surface area contributed by atoms with Gasteiger partial charge in [0, 0.05) is 30.1 Å². The number of halogens is 1. The molecule has 4 aromatic rings. The van der Waals surface area contributed by atoms with Gasteiger partial charge in [-0.05, 0) is 105 Å². The molecule has 0 spiro atoms. The SMILES string of the molecule is O=C(Cc1ccc(Oc2ncnc3[nH]c(-c4ccc(OCCCN5CCCC5)cc4)cc23)cc1Cl)CC1CC1. The van der Waals surface area contributed by atoms with E-state index in [4.69, 9.17) is 21.1 Å². The summed E-state index contributed by atoms with van der Waals surface area (Å²) in [5.74, 6) is 2.68. The van der Waals surface area contributed by atoms with Crippen LogP contribution in [-0.4, -0.2) is 51.9 Å². The van der Waals surface area contributed by atoms with Crippen molar-refractivity contribution in [3.05, 3.63) is 65.4 Å². The summed E-state index contributed by atoms with van der Waals surface area (Å²) in [5.41, 5.74) is 3.45. The van der Waals surface area contributed by atoms with Gasteiger partial charge in [-0.3, -0.25) is 4.79 Å². The molecule has 2 aromatic heterocycles. The van der Waals surface area contributed by atoms with Crippen molar-refractivity contribution in [2.45, 2.75) is 44.9 Å². The fourth-order valence-electron chi connectivity index (χ4n) is 5.14. The van der Waals surface area contributed by atoms with E-state index in [1.54, 1.807) is 6.07 Å². The van der Waals surface area contributed by atoms with Crippen LogP contribution in [0.15, 0.2) is 54.9 Å². The monoisotopic (exact) mass is 544 g/mol. The minimum atomic E-state index is 0.238. The maximum absolute atomic E-state index is 12.3. The number of aromatic nitrogens is 3. The van der Waals surface area contributed by atoms with Gasteiger partial charge >= 0.3 is 0 Å². The highest BCUT2D eigenvalue weighted by atomic mass is 35.5. The summed E-state index contributed by atoms with van der Waals surface area (Å²) in [6.07, 6.45) is 8.50. The number of nitrogens with zero attached hydrogens (tertiary/aromatic N) is 3. The lowest BCUT2D eigenvalue weighted by atomic mass is 10.0. The van der Waals surface area contributed by atoms with Gasteiger partial charge in [0.2, 0.25) is 5.88 Å². The second-order valence-electron chi connectivity index (χ2n) is 10.6. The Morgan fingerprint density at radius 2 is 1.82 bits per heavy atom. The number of hydrogen-bond acceptors (Lipinski definition) is 6. The predicted octanol–water partition coefficient (Wildman–Crippen LogP) is 6.85. The van der Waals surface area contributed by atoms with E-state index in [2.05, 4.69) is 19.9 Å². The standard InChI is InChI=1S/C31H33ClN4O3/c32-28-18-26(11-8-23(28)17-24(37)16-21-4-5-21)39-31-27-19-29(35-30(27)33-20-34-31)22-6-9-25(10-7-22)38-15-3-14-36-12-1-2-13-36/h6-11,18-21H,1-5,12-17H2,(H,33,34,35). The molecular formula is C31H33ClN4O3. The smallest absolute Gasteiger partial charge is 0.231 e. The van der Waals surface area contributed by atoms with Crippen molar-refractivity contribution in [3.63, 3.8) is 0 Å². The third kappa shape index (κ3) is 6.60. The minimum Gasteiger partial charge on any atom is -0.494 e. The Bertz CT molecular complexity index is 1440. The molecule has 2 fully saturated rings. The molecule has 1 aliphatic carbocycles. The first kappa shape index (κ1) is 25.8. The number of benzene rings is 2. The van der Waals surface area contributed by atoms with Crippen LogP contribution >= 0.6 is 11.6 Å². The quantitative estimate of drug-likeness (QED) is 0.196. The average Bonchev–Trinajstić information content (AvgIpc) is 3.40. The van der Waals surface area contributed by atoms with Crippen LogP contribution in [0.1, 0.15) is 44.1 Å². The van der Waals surface area contributed by atoms with Crippen molar-refractivity contribution >= 4 is 28.4 Å². The number of aromatic amines is 1. The third-order valence-electron chi connectivity index (χ3n) is 7.48. The molecule has 0 unspecified atom stereocenters. The topological polar surface area (TPSA) is 80.3 Å². The average molecular weight is 545 g/mol. The highest BCUT2D eigenvalue weighted by Crippen LogP contribution is 2.35. The molecular weight excluding hydrogens is 512 g/mol. The number of fused-ring (bicyclic) bond motifs is 1. The molecule has 2 aliphatic rings. The van der Waals surface area contributed by atoms with Crippen LogP contribution in [0.4, 0.5) is 0 Å². The Kier molecular flexibility index (Phi) is 7.79. The van der Waals surface area contributed by atoms with E-state index in [9.17, 15) is 4.79 Å². The van der Waals surface area contributed by atoms with Crippen molar-refractivity contribution < 1.29 is 14.3 Å². The number of nitrogens with one attached hydrogen (secondary N) is 1. The number of Topliss-reactive ketones (excluding diaryl/α,β-unsaturated/α-hetero) is 1. The van der Waals surface area contributed by atoms with Crippen LogP contribution in [0, 0.1) is 5.92 Å². The zero-order valence-electron chi connectivity index (χ0n) is 22.0. The number of likely N-dealkylation sites (tertiary alicyclic amines) is 1. The molecule has 39 heavy (non-hydrogen) atoms. The summed E-state index contributed by atoms with van der Waals surface area (Å²) in [4.78, 5) is 26.9. The van der Waals surface area contributed by atoms with E-state index >= 15 is 0 Å². The number of carbonyl (C=O) groups excluding carboxylic acids is 1. The van der Waals surface area contributed by atoms with Crippen LogP contribution in [-0.2, 0) is 11.2 Å². The number of carbonyl (C=O) groups is 1. The molecule has 8 heteroatoms. The largest absolute Gasteiger partial charge is 0.494 e. The van der Waals surface area contributed by atoms with E-state index in [-0.39, 0.29) is 5.78 Å². The first-order valence-corrected chi connectivity index (χ1v) is 14.3. The summed E-state index contributed by atoms with van der Waals surface area (Å²) in [7, 11) is 0. The number of hydrogen-bond donors (Lipinski definition) is 1. The molecule has 0 radical (unpaired) electrons. The van der Waals surface area contributed by atoms with E-state index in [1.165, 1.54) is 45.1 Å². The van der Waals surface area contributed by atoms with Crippen molar-refractivity contribution in [1.29, 1.82) is 0 Å². The Morgan fingerprint density at radius 1 is 1.03 bits per heavy atom. The Balaban J connectivity index is 1.10. The number of ketones is 1. The zero-order chi connectivity index (χ0) is 26.6. The van der Waals surface area contributed by atoms with Crippen molar-refractivity contribution in [2.24, 2.45) is 5.92 Å². The summed E-state index contributed by atoms with van der Waals surface area (Å²) < 4.78 is 12.1. The Morgan fingerprint density at radius 3 is 2.59 bits per heavy atom. The van der Waals surface area contributed by atoms with Gasteiger partial charge < -0.3 is 19.4 Å². The van der Waals surface area contributed by atoms with Crippen molar-refractivity contribution in [1.82, 2.24) is 19.9 Å². The molecule has 6 rings (SSSR count). The molecule has 1 aliphatic heterocycles. The molecule has 2 aromatic carbocycles. The lowest BCUT2D eigenvalue weighted by Crippen LogP contribution is -2.21. The summed E-state index contributed by atoms with van der Waals surface area (Å²) in [6, 6.07) is 15.5. The normalized spacial score (nSPS) is 15.6. The first-order valence-electron chi connectivity index (χ1n) is 13.9. The molecule has 7 nitrogen and oxygen atoms in total. The molecule has 1 saturated carbocycles. The van der Waals surface area contributed by atoms with Gasteiger partial charge in [-0.15, -0.1) is 0 Å². The molecule has 0 atom stereocenters. The lowest BCUT2D eigenvalue weighted by molar-refractivity contribution is -0.118. The summed E-state index contributed by atoms with van der Waals surface area (Å²) >= 11 is 6.49. The van der Waals surface area contributed by atoms with Gasteiger partial charge in [0.25, 0.3) is 0 Å². The highest BCUT2D eigenvalue weighted by Gasteiger charge is 2.24. The minimum absolute atomic E-state index is 0.238. The van der Waals surface area contributed by atoms with Gasteiger partial charge in [-0.2, -0.15) is 0 Å². The van der Waals surface area contributed by atoms with Crippen LogP contribution in [0.5, 0.6) is 17.4 Å². The van der Waals surface area contributed by atoms with Gasteiger partial charge in [0.05, 0.1) is 12.0 Å². The van der Waals surface area contributed by atoms with Gasteiger partial charge in [0.15, 0.2) is 0 Å². The molecule has 3 heterocycles. The van der Waals surface area contributed by atoms with Crippen LogP contribution < -0.4 is 9.47 Å². The number of rotatable bonds is 12. The fourth-order valence-corrected chi connectivity index (χ4v) is 5.38.